The second kappa shape index (κ2) is 12.7. The number of nitrogens with one attached hydrogen (secondary N) is 3. The van der Waals surface area contributed by atoms with E-state index >= 15 is 0 Å². The summed E-state index contributed by atoms with van der Waals surface area (Å²) in [5, 5.41) is 7.42. The van der Waals surface area contributed by atoms with Crippen molar-refractivity contribution in [3.63, 3.8) is 0 Å². The molecule has 0 saturated heterocycles. The van der Waals surface area contributed by atoms with Gasteiger partial charge in [-0.1, -0.05) is 0 Å². The van der Waals surface area contributed by atoms with Gasteiger partial charge in [-0.15, -0.1) is 0 Å². The molecule has 0 radical (unpaired) electrons. The van der Waals surface area contributed by atoms with E-state index in [-0.39, 0.29) is 0 Å². The second-order valence-electron chi connectivity index (χ2n) is 3.49. The maximum atomic E-state index is 11.7. The molecule has 0 aliphatic carbocycles. The van der Waals surface area contributed by atoms with Gasteiger partial charge < -0.3 is 5.11 Å². The minimum absolute atomic E-state index is 0.802. The molecule has 0 spiro atoms. The lowest BCUT2D eigenvalue weighted by atomic mass is 10.9. The molecule has 0 unspecified atom stereocenters. The number of rotatable bonds is 0. The van der Waals surface area contributed by atoms with E-state index in [0.29, 0.717) is 0 Å². The van der Waals surface area contributed by atoms with Crippen molar-refractivity contribution in [2.75, 3.05) is 0 Å². The monoisotopic (exact) mass is 386 g/mol. The highest BCUT2D eigenvalue weighted by atomic mass is 19.2. The quantitative estimate of drug-likeness (QED) is 0.312. The first-order valence-electron chi connectivity index (χ1n) is 5.84. The Morgan fingerprint density at radius 2 is 0.923 bits per heavy atom. The lowest BCUT2D eigenvalue weighted by Crippen LogP contribution is -2.34. The van der Waals surface area contributed by atoms with Crippen LogP contribution >= 0.6 is 0 Å². The summed E-state index contributed by atoms with van der Waals surface area (Å²) >= 11 is 0. The number of nitrogens with zero attached hydrogens (tertiary/aromatic N) is 3. The van der Waals surface area contributed by atoms with Crippen LogP contribution in [0.4, 0.5) is 17.6 Å². The summed E-state index contributed by atoms with van der Waals surface area (Å²) in [6, 6.07) is -1.33. The minimum Gasteiger partial charge on any atom is -0.481 e. The molecule has 144 valence electrons. The number of carbonyl (C=O) groups excluding carboxylic acids is 1. The number of carbonyl (C=O) groups is 2. The van der Waals surface area contributed by atoms with E-state index in [0.717, 1.165) is 13.8 Å². The molecule has 2 aromatic rings. The Morgan fingerprint density at radius 1 is 0.769 bits per heavy atom. The molecular formula is C10H10F4N6O6. The first kappa shape index (κ1) is 24.5. The zero-order valence-electron chi connectivity index (χ0n) is 12.8. The molecule has 12 nitrogen and oxygen atoms in total. The Labute approximate surface area is 139 Å². The topological polar surface area (TPSA) is 192 Å². The lowest BCUT2D eigenvalue weighted by Gasteiger charge is -1.85. The average molecular weight is 386 g/mol. The van der Waals surface area contributed by atoms with Crippen LogP contribution in [0.1, 0.15) is 13.8 Å². The lowest BCUT2D eigenvalue weighted by molar-refractivity contribution is -0.134. The molecule has 0 aromatic carbocycles. The Bertz CT molecular complexity index is 745. The zero-order chi connectivity index (χ0) is 20.9. The summed E-state index contributed by atoms with van der Waals surface area (Å²) in [5.74, 6) is -0.833. The number of H-pyrrole nitrogens is 3. The Morgan fingerprint density at radius 3 is 1.08 bits per heavy atom. The Balaban J connectivity index is 0. The number of aromatic nitrogens is 6. The second-order valence-corrected chi connectivity index (χ2v) is 3.49. The van der Waals surface area contributed by atoms with Gasteiger partial charge in [0.15, 0.2) is 0 Å². The number of halogens is 4. The zero-order valence-corrected chi connectivity index (χ0v) is 12.8. The van der Waals surface area contributed by atoms with Gasteiger partial charge in [-0.05, 0) is 0 Å². The molecule has 0 atom stereocenters. The van der Waals surface area contributed by atoms with Crippen molar-refractivity contribution in [3.05, 3.63) is 49.7 Å². The maximum Gasteiger partial charge on any atom is 0.330 e. The molecule has 2 rings (SSSR count). The van der Waals surface area contributed by atoms with Crippen LogP contribution in [0.2, 0.25) is 0 Å². The third-order valence-corrected chi connectivity index (χ3v) is 1.23. The summed E-state index contributed by atoms with van der Waals surface area (Å²) in [7, 11) is 0. The minimum atomic E-state index is -1.46. The molecular weight excluding hydrogens is 376 g/mol. The number of hydrogen-bond donors (Lipinski definition) is 4. The molecule has 0 aliphatic heterocycles. The van der Waals surface area contributed by atoms with Crippen LogP contribution in [-0.2, 0) is 9.59 Å². The number of aromatic amines is 3. The molecule has 0 fully saturated rings. The first-order valence-corrected chi connectivity index (χ1v) is 5.84. The van der Waals surface area contributed by atoms with Crippen molar-refractivity contribution in [2.45, 2.75) is 13.8 Å². The molecule has 4 N–H and O–H groups in total. The SMILES string of the molecule is CC(=O)F.CC(=O)O.Fc1nc(F)nc(F)n1.O=c1[nH]c(=O)[nH]c(=O)[nH]1. The third kappa shape index (κ3) is 18.3. The van der Waals surface area contributed by atoms with E-state index in [1.165, 1.54) is 0 Å². The van der Waals surface area contributed by atoms with Crippen molar-refractivity contribution in [1.29, 1.82) is 0 Å². The van der Waals surface area contributed by atoms with Gasteiger partial charge in [0.2, 0.25) is 0 Å². The predicted octanol–water partition coefficient (Wildman–Crippen LogP) is -1.37. The molecule has 0 saturated carbocycles. The van der Waals surface area contributed by atoms with Crippen molar-refractivity contribution in [3.8, 4) is 0 Å². The van der Waals surface area contributed by atoms with Gasteiger partial charge >= 0.3 is 35.3 Å². The van der Waals surface area contributed by atoms with E-state index in [1.54, 1.807) is 15.0 Å². The standard InChI is InChI=1S/C3F3N3.C3H3N3O3.C2H3FO.C2H4O2/c4-1-7-2(5)9-3(6)8-1;7-1-4-2(8)6-3(9)5-1;2*1-2(3)4/h;(H3,4,5,6,7,8,9);1H3;1H3,(H,3,4). The summed E-state index contributed by atoms with van der Waals surface area (Å²) < 4.78 is 45.4. The summed E-state index contributed by atoms with van der Waals surface area (Å²) in [5.41, 5.74) is -2.41. The van der Waals surface area contributed by atoms with Gasteiger partial charge in [0.05, 0.1) is 0 Å². The summed E-state index contributed by atoms with van der Waals surface area (Å²) in [4.78, 5) is 61.0. The van der Waals surface area contributed by atoms with Gasteiger partial charge in [-0.3, -0.25) is 24.5 Å². The van der Waals surface area contributed by atoms with Gasteiger partial charge in [0.25, 0.3) is 12.0 Å². The van der Waals surface area contributed by atoms with Gasteiger partial charge in [-0.2, -0.15) is 32.5 Å². The molecule has 2 heterocycles. The van der Waals surface area contributed by atoms with Crippen LogP contribution in [-0.4, -0.2) is 47.0 Å². The maximum absolute atomic E-state index is 11.7. The van der Waals surface area contributed by atoms with Crippen LogP contribution in [0, 0.1) is 18.2 Å². The van der Waals surface area contributed by atoms with Crippen molar-refractivity contribution in [1.82, 2.24) is 29.9 Å². The fraction of sp³-hybridized carbons (Fsp3) is 0.200. The number of carboxylic acid groups (broad SMARTS) is 1. The fourth-order valence-corrected chi connectivity index (χ4v) is 0.706. The Kier molecular flexibility index (Phi) is 12.0. The van der Waals surface area contributed by atoms with Crippen LogP contribution in [0.15, 0.2) is 14.4 Å². The van der Waals surface area contributed by atoms with Crippen LogP contribution in [0.5, 0.6) is 0 Å². The number of aliphatic carboxylic acids is 1. The molecule has 16 heteroatoms. The van der Waals surface area contributed by atoms with Crippen molar-refractivity contribution >= 4 is 12.0 Å². The van der Waals surface area contributed by atoms with Crippen LogP contribution < -0.4 is 17.1 Å². The smallest absolute Gasteiger partial charge is 0.330 e. The summed E-state index contributed by atoms with van der Waals surface area (Å²) in [6.45, 7) is 1.94. The van der Waals surface area contributed by atoms with E-state index in [2.05, 4.69) is 15.0 Å². The van der Waals surface area contributed by atoms with Crippen LogP contribution in [0.25, 0.3) is 0 Å². The number of carboxylic acids is 1. The van der Waals surface area contributed by atoms with Crippen LogP contribution in [0.3, 0.4) is 0 Å². The van der Waals surface area contributed by atoms with Gasteiger partial charge in [-0.25, -0.2) is 14.4 Å². The highest BCUT2D eigenvalue weighted by Crippen LogP contribution is 1.89. The van der Waals surface area contributed by atoms with Gasteiger partial charge in [0, 0.05) is 13.8 Å². The fourth-order valence-electron chi connectivity index (χ4n) is 0.706. The van der Waals surface area contributed by atoms with Gasteiger partial charge in [0.1, 0.15) is 0 Å². The van der Waals surface area contributed by atoms with E-state index in [1.807, 2.05) is 0 Å². The first-order chi connectivity index (χ1) is 11.8. The van der Waals surface area contributed by atoms with E-state index in [4.69, 9.17) is 14.7 Å². The summed E-state index contributed by atoms with van der Waals surface area (Å²) in [6.07, 6.45) is -4.38. The van der Waals surface area contributed by atoms with E-state index in [9.17, 15) is 31.9 Å². The van der Waals surface area contributed by atoms with E-state index < -0.39 is 47.3 Å². The third-order valence-electron chi connectivity index (χ3n) is 1.23. The average Bonchev–Trinajstić information content (AvgIpc) is 2.33. The molecule has 0 aliphatic rings. The van der Waals surface area contributed by atoms with Crippen molar-refractivity contribution in [2.24, 2.45) is 0 Å². The Hall–Kier alpha value is -3.72. The highest BCUT2D eigenvalue weighted by Gasteiger charge is 2.01. The molecule has 26 heavy (non-hydrogen) atoms. The normalized spacial score (nSPS) is 8.54. The largest absolute Gasteiger partial charge is 0.481 e. The highest BCUT2D eigenvalue weighted by molar-refractivity contribution is 5.64. The molecule has 0 amide bonds. The number of hydrogen-bond acceptors (Lipinski definition) is 8. The predicted molar refractivity (Wildman–Crippen MR) is 73.1 cm³/mol. The molecule has 0 bridgehead atoms. The molecule has 2 aromatic heterocycles. The van der Waals surface area contributed by atoms with Crippen molar-refractivity contribution < 1.29 is 32.3 Å².